The van der Waals surface area contributed by atoms with Gasteiger partial charge in [0, 0.05) is 13.2 Å². The Hall–Kier alpha value is -2.08. The largest absolute Gasteiger partial charge is 0.497 e. The summed E-state index contributed by atoms with van der Waals surface area (Å²) in [5.74, 6) is 0.932. The van der Waals surface area contributed by atoms with E-state index in [0.717, 1.165) is 25.9 Å². The molecule has 1 N–H and O–H groups in total. The number of rotatable bonds is 3. The van der Waals surface area contributed by atoms with Crippen molar-refractivity contribution in [2.24, 2.45) is 11.3 Å². The highest BCUT2D eigenvalue weighted by Crippen LogP contribution is 2.50. The number of methoxy groups -OCH3 is 1. The van der Waals surface area contributed by atoms with E-state index in [9.17, 15) is 9.59 Å². The lowest BCUT2D eigenvalue weighted by atomic mass is 9.60. The molecule has 128 valence electrons. The number of nitrogens with one attached hydrogen (secondary N) is 1. The van der Waals surface area contributed by atoms with Gasteiger partial charge in [-0.3, -0.25) is 9.36 Å². The van der Waals surface area contributed by atoms with Gasteiger partial charge >= 0.3 is 5.69 Å². The smallest absolute Gasteiger partial charge is 0.328 e. The molecular weight excluding hydrogens is 308 g/mol. The van der Waals surface area contributed by atoms with Gasteiger partial charge < -0.3 is 14.5 Å². The van der Waals surface area contributed by atoms with Gasteiger partial charge in [-0.25, -0.2) is 4.79 Å². The van der Waals surface area contributed by atoms with Crippen molar-refractivity contribution in [3.05, 3.63) is 39.0 Å². The highest BCUT2D eigenvalue weighted by atomic mass is 16.5. The minimum absolute atomic E-state index is 0.160. The molecule has 0 bridgehead atoms. The summed E-state index contributed by atoms with van der Waals surface area (Å²) in [5.41, 5.74) is 0.132. The van der Waals surface area contributed by atoms with E-state index in [-0.39, 0.29) is 16.7 Å². The van der Waals surface area contributed by atoms with Crippen molar-refractivity contribution in [3.8, 4) is 5.75 Å². The number of aromatic amines is 1. The quantitative estimate of drug-likeness (QED) is 0.933. The van der Waals surface area contributed by atoms with Crippen LogP contribution in [0.1, 0.15) is 25.7 Å². The van der Waals surface area contributed by atoms with Crippen molar-refractivity contribution in [1.82, 2.24) is 9.55 Å². The van der Waals surface area contributed by atoms with Crippen molar-refractivity contribution >= 4 is 10.9 Å². The lowest BCUT2D eigenvalue weighted by Gasteiger charge is -2.50. The molecule has 2 fully saturated rings. The van der Waals surface area contributed by atoms with Gasteiger partial charge in [-0.1, -0.05) is 6.42 Å². The number of aromatic nitrogens is 2. The predicted molar refractivity (Wildman–Crippen MR) is 90.6 cm³/mol. The molecule has 1 saturated heterocycles. The summed E-state index contributed by atoms with van der Waals surface area (Å²) in [7, 11) is 1.56. The molecule has 1 aromatic carbocycles. The molecule has 6 nitrogen and oxygen atoms in total. The Morgan fingerprint density at radius 1 is 1.38 bits per heavy atom. The molecule has 0 amide bonds. The minimum Gasteiger partial charge on any atom is -0.497 e. The van der Waals surface area contributed by atoms with Gasteiger partial charge in [-0.05, 0) is 48.8 Å². The summed E-state index contributed by atoms with van der Waals surface area (Å²) in [5, 5.41) is 0.490. The van der Waals surface area contributed by atoms with Gasteiger partial charge in [0.1, 0.15) is 5.75 Å². The van der Waals surface area contributed by atoms with E-state index in [0.29, 0.717) is 35.7 Å². The fraction of sp³-hybridized carbons (Fsp3) is 0.556. The predicted octanol–water partition coefficient (Wildman–Crippen LogP) is 1.91. The summed E-state index contributed by atoms with van der Waals surface area (Å²) < 4.78 is 12.2. The molecule has 1 aromatic heterocycles. The number of nitrogens with zero attached hydrogens (tertiary/aromatic N) is 1. The molecular formula is C18H22N2O4. The number of benzene rings is 1. The molecule has 1 aliphatic heterocycles. The van der Waals surface area contributed by atoms with E-state index >= 15 is 0 Å². The van der Waals surface area contributed by atoms with Gasteiger partial charge in [0.15, 0.2) is 0 Å². The van der Waals surface area contributed by atoms with Crippen LogP contribution in [0.15, 0.2) is 27.8 Å². The number of hydrogen-bond donors (Lipinski definition) is 1. The van der Waals surface area contributed by atoms with Crippen molar-refractivity contribution in [2.45, 2.75) is 32.2 Å². The van der Waals surface area contributed by atoms with Gasteiger partial charge in [0.2, 0.25) is 0 Å². The van der Waals surface area contributed by atoms with Crippen LogP contribution in [0.25, 0.3) is 10.9 Å². The minimum atomic E-state index is -0.335. The molecule has 2 aliphatic rings. The van der Waals surface area contributed by atoms with Crippen LogP contribution in [0.4, 0.5) is 0 Å². The highest BCUT2D eigenvalue weighted by Gasteiger charge is 2.46. The molecule has 6 heteroatoms. The van der Waals surface area contributed by atoms with Gasteiger partial charge in [-0.2, -0.15) is 0 Å². The van der Waals surface area contributed by atoms with E-state index in [4.69, 9.17) is 9.47 Å². The Bertz CT molecular complexity index is 879. The normalized spacial score (nSPS) is 22.5. The Labute approximate surface area is 139 Å². The Morgan fingerprint density at radius 3 is 2.92 bits per heavy atom. The summed E-state index contributed by atoms with van der Waals surface area (Å²) >= 11 is 0. The number of H-pyrrole nitrogens is 1. The molecule has 0 radical (unpaired) electrons. The third-order valence-electron chi connectivity index (χ3n) is 5.81. The van der Waals surface area contributed by atoms with Crippen LogP contribution in [0.5, 0.6) is 5.75 Å². The SMILES string of the molecule is COc1ccc2[nH]c(=O)n(CC3CCOCC34CCC4)c(=O)c2c1. The zero-order valence-corrected chi connectivity index (χ0v) is 13.8. The van der Waals surface area contributed by atoms with E-state index in [1.807, 2.05) is 0 Å². The van der Waals surface area contributed by atoms with Crippen molar-refractivity contribution in [1.29, 1.82) is 0 Å². The van der Waals surface area contributed by atoms with Crippen LogP contribution in [0.3, 0.4) is 0 Å². The van der Waals surface area contributed by atoms with Crippen LogP contribution in [0.2, 0.25) is 0 Å². The Kier molecular flexibility index (Phi) is 3.72. The van der Waals surface area contributed by atoms with E-state index in [1.165, 1.54) is 11.0 Å². The molecule has 1 atom stereocenters. The van der Waals surface area contributed by atoms with Crippen LogP contribution in [-0.2, 0) is 11.3 Å². The Balaban J connectivity index is 1.76. The first-order valence-corrected chi connectivity index (χ1v) is 8.52. The first kappa shape index (κ1) is 15.4. The van der Waals surface area contributed by atoms with Crippen molar-refractivity contribution in [2.75, 3.05) is 20.3 Å². The van der Waals surface area contributed by atoms with Crippen LogP contribution < -0.4 is 16.0 Å². The summed E-state index contributed by atoms with van der Waals surface area (Å²) in [6.45, 7) is 1.93. The second kappa shape index (κ2) is 5.77. The summed E-state index contributed by atoms with van der Waals surface area (Å²) in [4.78, 5) is 28.1. The zero-order valence-electron chi connectivity index (χ0n) is 13.8. The maximum atomic E-state index is 12.9. The molecule has 2 heterocycles. The summed E-state index contributed by atoms with van der Waals surface area (Å²) in [6.07, 6.45) is 4.37. The summed E-state index contributed by atoms with van der Waals surface area (Å²) in [6, 6.07) is 5.14. The number of ether oxygens (including phenoxy) is 2. The first-order valence-electron chi connectivity index (χ1n) is 8.52. The van der Waals surface area contributed by atoms with Gasteiger partial charge in [-0.15, -0.1) is 0 Å². The average Bonchev–Trinajstić information content (AvgIpc) is 2.57. The molecule has 1 unspecified atom stereocenters. The standard InChI is InChI=1S/C18H22N2O4/c1-23-13-3-4-15-14(9-13)16(21)20(17(22)19-15)10-12-5-8-24-11-18(12)6-2-7-18/h3-4,9,12H,2,5-8,10-11H2,1H3,(H,19,22). The van der Waals surface area contributed by atoms with Crippen molar-refractivity contribution < 1.29 is 9.47 Å². The molecule has 4 rings (SSSR count). The second-order valence-electron chi connectivity index (χ2n) is 7.01. The molecule has 24 heavy (non-hydrogen) atoms. The van der Waals surface area contributed by atoms with Crippen LogP contribution in [0, 0.1) is 11.3 Å². The maximum absolute atomic E-state index is 12.9. The third-order valence-corrected chi connectivity index (χ3v) is 5.81. The monoisotopic (exact) mass is 330 g/mol. The number of hydrogen-bond acceptors (Lipinski definition) is 4. The van der Waals surface area contributed by atoms with Crippen LogP contribution >= 0.6 is 0 Å². The second-order valence-corrected chi connectivity index (χ2v) is 7.01. The Morgan fingerprint density at radius 2 is 2.21 bits per heavy atom. The topological polar surface area (TPSA) is 73.3 Å². The van der Waals surface area contributed by atoms with Gasteiger partial charge in [0.25, 0.3) is 5.56 Å². The van der Waals surface area contributed by atoms with E-state index in [2.05, 4.69) is 4.98 Å². The van der Waals surface area contributed by atoms with Gasteiger partial charge in [0.05, 0.1) is 24.6 Å². The third kappa shape index (κ3) is 2.36. The molecule has 1 spiro atoms. The molecule has 2 aromatic rings. The maximum Gasteiger partial charge on any atom is 0.328 e. The van der Waals surface area contributed by atoms with E-state index in [1.54, 1.807) is 25.3 Å². The van der Waals surface area contributed by atoms with Crippen molar-refractivity contribution in [3.63, 3.8) is 0 Å². The van der Waals surface area contributed by atoms with Crippen LogP contribution in [-0.4, -0.2) is 29.9 Å². The first-order chi connectivity index (χ1) is 11.6. The van der Waals surface area contributed by atoms with E-state index < -0.39 is 0 Å². The fourth-order valence-electron chi connectivity index (χ4n) is 4.14. The lowest BCUT2D eigenvalue weighted by Crippen LogP contribution is -2.49. The molecule has 1 aliphatic carbocycles. The number of fused-ring (bicyclic) bond motifs is 1. The average molecular weight is 330 g/mol. The lowest BCUT2D eigenvalue weighted by molar-refractivity contribution is -0.102. The highest BCUT2D eigenvalue weighted by molar-refractivity contribution is 5.78. The zero-order chi connectivity index (χ0) is 16.7. The molecule has 1 saturated carbocycles. The fourth-order valence-corrected chi connectivity index (χ4v) is 4.14.